The molecular formula is C13H18ClN3O2. The van der Waals surface area contributed by atoms with Gasteiger partial charge in [0.15, 0.2) is 6.29 Å². The molecule has 0 aromatic carbocycles. The summed E-state index contributed by atoms with van der Waals surface area (Å²) in [5, 5.41) is 0.199. The average molecular weight is 284 g/mol. The van der Waals surface area contributed by atoms with Gasteiger partial charge in [0.25, 0.3) is 0 Å². The number of hydrogen-bond acceptors (Lipinski definition) is 5. The summed E-state index contributed by atoms with van der Waals surface area (Å²) in [7, 11) is 1.66. The summed E-state index contributed by atoms with van der Waals surface area (Å²) in [6, 6.07) is 0.319. The SMILES string of the molecule is COCCN(c1ncnc(Cl)c1C=O)C(C)C1CC1. The van der Waals surface area contributed by atoms with Crippen LogP contribution in [0.4, 0.5) is 5.82 Å². The third-order valence-electron chi connectivity index (χ3n) is 3.54. The Kier molecular flexibility index (Phi) is 4.71. The third kappa shape index (κ3) is 3.22. The number of hydrogen-bond donors (Lipinski definition) is 0. The Morgan fingerprint density at radius 3 is 2.89 bits per heavy atom. The number of rotatable bonds is 7. The Hall–Kier alpha value is -1.20. The lowest BCUT2D eigenvalue weighted by Gasteiger charge is -2.31. The summed E-state index contributed by atoms with van der Waals surface area (Å²) in [4.78, 5) is 21.4. The quantitative estimate of drug-likeness (QED) is 0.567. The molecule has 1 heterocycles. The predicted octanol–water partition coefficient (Wildman–Crippen LogP) is 2.19. The molecule has 2 rings (SSSR count). The topological polar surface area (TPSA) is 55.3 Å². The molecule has 0 radical (unpaired) electrons. The van der Waals surface area contributed by atoms with Crippen LogP contribution >= 0.6 is 11.6 Å². The molecule has 1 aliphatic carbocycles. The van der Waals surface area contributed by atoms with Crippen molar-refractivity contribution in [2.45, 2.75) is 25.8 Å². The van der Waals surface area contributed by atoms with Crippen LogP contribution in [-0.2, 0) is 4.74 Å². The number of aldehydes is 1. The van der Waals surface area contributed by atoms with Gasteiger partial charge in [-0.05, 0) is 25.7 Å². The Morgan fingerprint density at radius 2 is 2.32 bits per heavy atom. The molecule has 6 heteroatoms. The van der Waals surface area contributed by atoms with Gasteiger partial charge in [0.1, 0.15) is 17.3 Å². The standard InChI is InChI=1S/C13H18ClN3O2/c1-9(10-3-4-10)17(5-6-19-2)13-11(7-18)12(14)15-8-16-13/h7-10H,3-6H2,1-2H3. The minimum absolute atomic E-state index is 0.199. The van der Waals surface area contributed by atoms with Crippen molar-refractivity contribution in [3.63, 3.8) is 0 Å². The first-order chi connectivity index (χ1) is 9.19. The first-order valence-corrected chi connectivity index (χ1v) is 6.78. The second kappa shape index (κ2) is 6.30. The van der Waals surface area contributed by atoms with Crippen molar-refractivity contribution in [1.82, 2.24) is 9.97 Å². The molecule has 1 aromatic heterocycles. The van der Waals surface area contributed by atoms with Crippen molar-refractivity contribution < 1.29 is 9.53 Å². The molecule has 0 spiro atoms. The minimum Gasteiger partial charge on any atom is -0.383 e. The maximum absolute atomic E-state index is 11.2. The molecule has 1 aliphatic rings. The van der Waals surface area contributed by atoms with E-state index >= 15 is 0 Å². The summed E-state index contributed by atoms with van der Waals surface area (Å²) >= 11 is 5.97. The van der Waals surface area contributed by atoms with Crippen molar-refractivity contribution >= 4 is 23.7 Å². The van der Waals surface area contributed by atoms with E-state index in [9.17, 15) is 4.79 Å². The van der Waals surface area contributed by atoms with E-state index in [0.29, 0.717) is 36.5 Å². The molecule has 1 unspecified atom stereocenters. The largest absolute Gasteiger partial charge is 0.383 e. The van der Waals surface area contributed by atoms with Gasteiger partial charge in [0, 0.05) is 19.7 Å². The van der Waals surface area contributed by atoms with Gasteiger partial charge < -0.3 is 9.64 Å². The average Bonchev–Trinajstić information content (AvgIpc) is 3.23. The van der Waals surface area contributed by atoms with E-state index in [4.69, 9.17) is 16.3 Å². The first-order valence-electron chi connectivity index (χ1n) is 6.40. The molecule has 0 saturated heterocycles. The summed E-state index contributed by atoms with van der Waals surface area (Å²) in [6.07, 6.45) is 4.56. The van der Waals surface area contributed by atoms with E-state index in [1.54, 1.807) is 7.11 Å². The molecular weight excluding hydrogens is 266 g/mol. The Morgan fingerprint density at radius 1 is 1.58 bits per heavy atom. The fourth-order valence-electron chi connectivity index (χ4n) is 2.22. The number of carbonyl (C=O) groups excluding carboxylic acids is 1. The Bertz CT molecular complexity index is 452. The summed E-state index contributed by atoms with van der Waals surface area (Å²) < 4.78 is 5.14. The minimum atomic E-state index is 0.199. The van der Waals surface area contributed by atoms with Crippen LogP contribution in [0.3, 0.4) is 0 Å². The van der Waals surface area contributed by atoms with Crippen LogP contribution in [0, 0.1) is 5.92 Å². The van der Waals surface area contributed by atoms with Crippen molar-refractivity contribution in [3.8, 4) is 0 Å². The fraction of sp³-hybridized carbons (Fsp3) is 0.615. The highest BCUT2D eigenvalue weighted by atomic mass is 35.5. The van der Waals surface area contributed by atoms with E-state index in [1.807, 2.05) is 0 Å². The van der Waals surface area contributed by atoms with Crippen LogP contribution in [0.15, 0.2) is 6.33 Å². The molecule has 0 bridgehead atoms. The lowest BCUT2D eigenvalue weighted by atomic mass is 10.1. The highest BCUT2D eigenvalue weighted by Gasteiger charge is 2.33. The molecule has 1 aromatic rings. The summed E-state index contributed by atoms with van der Waals surface area (Å²) in [5.41, 5.74) is 0.354. The normalized spacial score (nSPS) is 16.2. The van der Waals surface area contributed by atoms with E-state index in [1.165, 1.54) is 19.2 Å². The Balaban J connectivity index is 2.30. The molecule has 0 aliphatic heterocycles. The highest BCUT2D eigenvalue weighted by molar-refractivity contribution is 6.32. The van der Waals surface area contributed by atoms with Gasteiger partial charge in [-0.1, -0.05) is 11.6 Å². The van der Waals surface area contributed by atoms with Gasteiger partial charge in [-0.25, -0.2) is 9.97 Å². The number of anilines is 1. The van der Waals surface area contributed by atoms with Gasteiger partial charge in [0.2, 0.25) is 0 Å². The highest BCUT2D eigenvalue weighted by Crippen LogP contribution is 2.37. The van der Waals surface area contributed by atoms with Gasteiger partial charge in [0.05, 0.1) is 12.2 Å². The van der Waals surface area contributed by atoms with Crippen LogP contribution in [0.2, 0.25) is 5.15 Å². The van der Waals surface area contributed by atoms with Crippen molar-refractivity contribution in [1.29, 1.82) is 0 Å². The third-order valence-corrected chi connectivity index (χ3v) is 3.84. The number of halogens is 1. The molecule has 0 N–H and O–H groups in total. The number of nitrogens with zero attached hydrogens (tertiary/aromatic N) is 3. The van der Waals surface area contributed by atoms with E-state index in [0.717, 1.165) is 6.29 Å². The molecule has 1 atom stereocenters. The van der Waals surface area contributed by atoms with Gasteiger partial charge in [-0.2, -0.15) is 0 Å². The number of aromatic nitrogens is 2. The maximum Gasteiger partial charge on any atom is 0.156 e. The van der Waals surface area contributed by atoms with Gasteiger partial charge in [-0.15, -0.1) is 0 Å². The van der Waals surface area contributed by atoms with Gasteiger partial charge in [-0.3, -0.25) is 4.79 Å². The summed E-state index contributed by atoms with van der Waals surface area (Å²) in [6.45, 7) is 3.41. The van der Waals surface area contributed by atoms with Crippen LogP contribution < -0.4 is 4.90 Å². The van der Waals surface area contributed by atoms with E-state index in [-0.39, 0.29) is 5.15 Å². The van der Waals surface area contributed by atoms with Crippen LogP contribution in [0.1, 0.15) is 30.1 Å². The van der Waals surface area contributed by atoms with Crippen LogP contribution in [-0.4, -0.2) is 42.6 Å². The van der Waals surface area contributed by atoms with Crippen molar-refractivity contribution in [2.24, 2.45) is 5.92 Å². The molecule has 5 nitrogen and oxygen atoms in total. The van der Waals surface area contributed by atoms with Crippen LogP contribution in [0.5, 0.6) is 0 Å². The van der Waals surface area contributed by atoms with E-state index < -0.39 is 0 Å². The molecule has 1 saturated carbocycles. The Labute approximate surface area is 117 Å². The predicted molar refractivity (Wildman–Crippen MR) is 73.8 cm³/mol. The number of carbonyl (C=O) groups is 1. The second-order valence-corrected chi connectivity index (χ2v) is 5.14. The zero-order chi connectivity index (χ0) is 13.8. The monoisotopic (exact) mass is 283 g/mol. The number of methoxy groups -OCH3 is 1. The summed E-state index contributed by atoms with van der Waals surface area (Å²) in [5.74, 6) is 1.26. The first kappa shape index (κ1) is 14.2. The van der Waals surface area contributed by atoms with Gasteiger partial charge >= 0.3 is 0 Å². The second-order valence-electron chi connectivity index (χ2n) is 4.78. The number of ether oxygens (including phenoxy) is 1. The fourth-order valence-corrected chi connectivity index (χ4v) is 2.39. The molecule has 104 valence electrons. The smallest absolute Gasteiger partial charge is 0.156 e. The molecule has 0 amide bonds. The van der Waals surface area contributed by atoms with Crippen molar-refractivity contribution in [2.75, 3.05) is 25.2 Å². The maximum atomic E-state index is 11.2. The zero-order valence-corrected chi connectivity index (χ0v) is 11.9. The van der Waals surface area contributed by atoms with Crippen molar-refractivity contribution in [3.05, 3.63) is 17.0 Å². The lowest BCUT2D eigenvalue weighted by Crippen LogP contribution is -2.38. The van der Waals surface area contributed by atoms with E-state index in [2.05, 4.69) is 21.8 Å². The molecule has 1 fully saturated rings. The molecule has 19 heavy (non-hydrogen) atoms. The lowest BCUT2D eigenvalue weighted by molar-refractivity contribution is 0.112. The zero-order valence-electron chi connectivity index (χ0n) is 11.2. The van der Waals surface area contributed by atoms with Crippen LogP contribution in [0.25, 0.3) is 0 Å².